The quantitative estimate of drug-likeness (QED) is 0.286. The van der Waals surface area contributed by atoms with Gasteiger partial charge in [-0.1, -0.05) is 17.7 Å². The number of hydrogen-bond acceptors (Lipinski definition) is 6. The molecule has 0 fully saturated rings. The van der Waals surface area contributed by atoms with Crippen LogP contribution in [-0.2, 0) is 17.8 Å². The topological polar surface area (TPSA) is 63.0 Å². The molecule has 3 aromatic heterocycles. The van der Waals surface area contributed by atoms with E-state index in [-0.39, 0.29) is 30.9 Å². The predicted molar refractivity (Wildman–Crippen MR) is 137 cm³/mol. The van der Waals surface area contributed by atoms with E-state index >= 15 is 0 Å². The number of ether oxygens (including phenoxy) is 1. The third-order valence-corrected chi connectivity index (χ3v) is 8.02. The van der Waals surface area contributed by atoms with Crippen LogP contribution in [0.3, 0.4) is 0 Å². The highest BCUT2D eigenvalue weighted by molar-refractivity contribution is 7.12. The number of carbonyl (C=O) groups excluding carboxylic acids is 2. The van der Waals surface area contributed by atoms with Gasteiger partial charge in [-0.15, -0.1) is 22.7 Å². The highest BCUT2D eigenvalue weighted by Gasteiger charge is 2.34. The van der Waals surface area contributed by atoms with Gasteiger partial charge in [0.2, 0.25) is 5.91 Å². The van der Waals surface area contributed by atoms with Gasteiger partial charge in [-0.25, -0.2) is 0 Å². The van der Waals surface area contributed by atoms with E-state index in [4.69, 9.17) is 20.8 Å². The number of benzene rings is 1. The zero-order valence-electron chi connectivity index (χ0n) is 18.8. The molecule has 180 valence electrons. The van der Waals surface area contributed by atoms with Crippen molar-refractivity contribution in [2.24, 2.45) is 0 Å². The minimum absolute atomic E-state index is 0.0473. The van der Waals surface area contributed by atoms with Crippen molar-refractivity contribution in [3.63, 3.8) is 0 Å². The first-order valence-electron chi connectivity index (χ1n) is 11.2. The maximum Gasteiger partial charge on any atom is 0.264 e. The molecule has 4 heterocycles. The first kappa shape index (κ1) is 23.7. The summed E-state index contributed by atoms with van der Waals surface area (Å²) in [5.41, 5.74) is 1.10. The summed E-state index contributed by atoms with van der Waals surface area (Å²) in [6.07, 6.45) is 2.35. The number of nitrogens with zero attached hydrogens (tertiary/aromatic N) is 2. The molecule has 35 heavy (non-hydrogen) atoms. The van der Waals surface area contributed by atoms with Crippen molar-refractivity contribution in [3.05, 3.63) is 97.7 Å². The summed E-state index contributed by atoms with van der Waals surface area (Å²) in [6.45, 7) is 1.06. The lowest BCUT2D eigenvalue weighted by Gasteiger charge is -2.37. The molecule has 0 radical (unpaired) electrons. The van der Waals surface area contributed by atoms with Crippen LogP contribution >= 0.6 is 34.3 Å². The Morgan fingerprint density at radius 2 is 1.94 bits per heavy atom. The third-order valence-electron chi connectivity index (χ3n) is 5.91. The molecule has 4 aromatic rings. The van der Waals surface area contributed by atoms with Gasteiger partial charge in [-0.05, 0) is 71.3 Å². The van der Waals surface area contributed by atoms with Crippen molar-refractivity contribution in [3.8, 4) is 5.75 Å². The maximum absolute atomic E-state index is 13.6. The summed E-state index contributed by atoms with van der Waals surface area (Å²) in [5.74, 6) is 1.01. The molecule has 6 nitrogen and oxygen atoms in total. The zero-order valence-corrected chi connectivity index (χ0v) is 21.2. The summed E-state index contributed by atoms with van der Waals surface area (Å²) in [5, 5.41) is 4.55. The Morgan fingerprint density at radius 1 is 1.09 bits per heavy atom. The molecule has 1 atom stereocenters. The molecule has 5 rings (SSSR count). The van der Waals surface area contributed by atoms with Crippen LogP contribution in [0.2, 0.25) is 5.02 Å². The molecule has 0 saturated carbocycles. The monoisotopic (exact) mass is 526 g/mol. The van der Waals surface area contributed by atoms with Gasteiger partial charge in [-0.2, -0.15) is 0 Å². The average molecular weight is 527 g/mol. The van der Waals surface area contributed by atoms with Crippen molar-refractivity contribution in [2.75, 3.05) is 19.7 Å². The number of rotatable bonds is 8. The Morgan fingerprint density at radius 3 is 2.69 bits per heavy atom. The van der Waals surface area contributed by atoms with Crippen LogP contribution in [0.4, 0.5) is 0 Å². The average Bonchev–Trinajstić information content (AvgIpc) is 3.65. The van der Waals surface area contributed by atoms with Crippen LogP contribution in [0, 0.1) is 0 Å². The first-order valence-corrected chi connectivity index (χ1v) is 13.3. The Balaban J connectivity index is 1.35. The van der Waals surface area contributed by atoms with Gasteiger partial charge in [0.1, 0.15) is 24.7 Å². The van der Waals surface area contributed by atoms with Gasteiger partial charge in [0.05, 0.1) is 23.7 Å². The van der Waals surface area contributed by atoms with E-state index in [1.807, 2.05) is 28.5 Å². The second-order valence-electron chi connectivity index (χ2n) is 8.13. The van der Waals surface area contributed by atoms with E-state index in [9.17, 15) is 9.59 Å². The molecular weight excluding hydrogens is 504 g/mol. The Bertz CT molecular complexity index is 1270. The van der Waals surface area contributed by atoms with E-state index in [1.165, 1.54) is 16.2 Å². The molecule has 0 N–H and O–H groups in total. The fraction of sp³-hybridized carbons (Fsp3) is 0.231. The standard InChI is InChI=1S/C26H23ClN2O4S2/c27-18-5-7-19(8-6-18)33-17-22-21-10-14-35-23(21)9-11-29(22)25(30)16-28(15-20-3-1-12-32-20)26(31)24-4-2-13-34-24/h1-8,10,12-14,22H,9,11,15-17H2/t22-/m1/s1. The fourth-order valence-electron chi connectivity index (χ4n) is 4.18. The maximum atomic E-state index is 13.6. The molecule has 9 heteroatoms. The van der Waals surface area contributed by atoms with Gasteiger partial charge in [-0.3, -0.25) is 9.59 Å². The summed E-state index contributed by atoms with van der Waals surface area (Å²) in [6, 6.07) is 16.2. The number of furan rings is 1. The molecule has 0 spiro atoms. The van der Waals surface area contributed by atoms with Crippen molar-refractivity contribution in [1.82, 2.24) is 9.80 Å². The number of amides is 2. The summed E-state index contributed by atoms with van der Waals surface area (Å²) in [4.78, 5) is 32.1. The van der Waals surface area contributed by atoms with Gasteiger partial charge < -0.3 is 19.0 Å². The Kier molecular flexibility index (Phi) is 7.22. The van der Waals surface area contributed by atoms with Crippen molar-refractivity contribution >= 4 is 46.1 Å². The van der Waals surface area contributed by atoms with Crippen LogP contribution < -0.4 is 4.74 Å². The fourth-order valence-corrected chi connectivity index (χ4v) is 5.93. The third kappa shape index (κ3) is 5.45. The van der Waals surface area contributed by atoms with Gasteiger partial charge in [0, 0.05) is 16.4 Å². The SMILES string of the molecule is O=C(c1cccs1)N(CC(=O)N1CCc2sccc2[C@H]1COc1ccc(Cl)cc1)Cc1ccco1. The summed E-state index contributed by atoms with van der Waals surface area (Å²) in [7, 11) is 0. The lowest BCUT2D eigenvalue weighted by atomic mass is 10.0. The lowest BCUT2D eigenvalue weighted by Crippen LogP contribution is -2.47. The van der Waals surface area contributed by atoms with Crippen LogP contribution in [0.5, 0.6) is 5.75 Å². The molecule has 0 saturated heterocycles. The predicted octanol–water partition coefficient (Wildman–Crippen LogP) is 5.90. The molecular formula is C26H23ClN2O4S2. The molecule has 1 aromatic carbocycles. The highest BCUT2D eigenvalue weighted by Crippen LogP contribution is 2.34. The van der Waals surface area contributed by atoms with E-state index in [1.54, 1.807) is 52.8 Å². The van der Waals surface area contributed by atoms with Crippen LogP contribution in [-0.4, -0.2) is 41.3 Å². The molecule has 0 bridgehead atoms. The Labute approximate surface area is 216 Å². The van der Waals surface area contributed by atoms with Crippen molar-refractivity contribution in [1.29, 1.82) is 0 Å². The minimum atomic E-state index is -0.240. The lowest BCUT2D eigenvalue weighted by molar-refractivity contribution is -0.135. The number of thiophene rings is 2. The zero-order chi connectivity index (χ0) is 24.2. The number of halogens is 1. The minimum Gasteiger partial charge on any atom is -0.491 e. The van der Waals surface area contributed by atoms with Crippen molar-refractivity contribution in [2.45, 2.75) is 19.0 Å². The summed E-state index contributed by atoms with van der Waals surface area (Å²) >= 11 is 9.05. The van der Waals surface area contributed by atoms with Crippen LogP contribution in [0.25, 0.3) is 0 Å². The molecule has 1 aliphatic heterocycles. The van der Waals surface area contributed by atoms with Gasteiger partial charge >= 0.3 is 0 Å². The van der Waals surface area contributed by atoms with E-state index < -0.39 is 0 Å². The van der Waals surface area contributed by atoms with E-state index in [0.29, 0.717) is 34.6 Å². The van der Waals surface area contributed by atoms with E-state index in [2.05, 4.69) is 11.4 Å². The van der Waals surface area contributed by atoms with E-state index in [0.717, 1.165) is 12.0 Å². The van der Waals surface area contributed by atoms with Crippen LogP contribution in [0.15, 0.2) is 76.0 Å². The second kappa shape index (κ2) is 10.7. The molecule has 0 aliphatic carbocycles. The smallest absolute Gasteiger partial charge is 0.264 e. The number of hydrogen-bond donors (Lipinski definition) is 0. The molecule has 1 aliphatic rings. The highest BCUT2D eigenvalue weighted by atomic mass is 35.5. The van der Waals surface area contributed by atoms with Crippen LogP contribution in [0.1, 0.15) is 31.9 Å². The normalized spacial score (nSPS) is 15.0. The van der Waals surface area contributed by atoms with Gasteiger partial charge in [0.15, 0.2) is 0 Å². The largest absolute Gasteiger partial charge is 0.491 e. The van der Waals surface area contributed by atoms with Crippen molar-refractivity contribution < 1.29 is 18.7 Å². The summed E-state index contributed by atoms with van der Waals surface area (Å²) < 4.78 is 11.5. The molecule has 2 amide bonds. The number of carbonyl (C=O) groups is 2. The number of fused-ring (bicyclic) bond motifs is 1. The first-order chi connectivity index (χ1) is 17.1. The second-order valence-corrected chi connectivity index (χ2v) is 10.5. The molecule has 0 unspecified atom stereocenters. The Hall–Kier alpha value is -3.07. The van der Waals surface area contributed by atoms with Gasteiger partial charge in [0.25, 0.3) is 5.91 Å².